The maximum Gasteiger partial charge on any atom is 0.262 e. The zero-order valence-electron chi connectivity index (χ0n) is 15.4. The minimum atomic E-state index is -3.76. The lowest BCUT2D eigenvalue weighted by Gasteiger charge is -2.24. The van der Waals surface area contributed by atoms with Crippen molar-refractivity contribution in [3.05, 3.63) is 53.7 Å². The van der Waals surface area contributed by atoms with Crippen LogP contribution in [0, 0.1) is 6.92 Å². The van der Waals surface area contributed by atoms with E-state index in [1.165, 1.54) is 12.1 Å². The van der Waals surface area contributed by atoms with Crippen molar-refractivity contribution in [2.75, 3.05) is 25.0 Å². The summed E-state index contributed by atoms with van der Waals surface area (Å²) in [6.07, 6.45) is 1.63. The number of amides is 1. The number of nitrogens with zero attached hydrogens (tertiary/aromatic N) is 1. The molecule has 0 atom stereocenters. The number of methoxy groups -OCH3 is 1. The van der Waals surface area contributed by atoms with Crippen LogP contribution in [0.3, 0.4) is 0 Å². The van der Waals surface area contributed by atoms with Crippen LogP contribution in [0.25, 0.3) is 22.0 Å². The fourth-order valence-electron chi connectivity index (χ4n) is 3.41. The highest BCUT2D eigenvalue weighted by Crippen LogP contribution is 2.43. The van der Waals surface area contributed by atoms with Crippen LogP contribution >= 0.6 is 0 Å². The minimum Gasteiger partial charge on any atom is -0.383 e. The van der Waals surface area contributed by atoms with Crippen molar-refractivity contribution < 1.29 is 17.9 Å². The van der Waals surface area contributed by atoms with Crippen molar-refractivity contribution in [2.24, 2.45) is 0 Å². The van der Waals surface area contributed by atoms with Gasteiger partial charge in [0.05, 0.1) is 22.7 Å². The number of aryl methyl sites for hydroxylation is 1. The number of anilines is 1. The minimum absolute atomic E-state index is 0.142. The predicted molar refractivity (Wildman–Crippen MR) is 107 cm³/mol. The van der Waals surface area contributed by atoms with E-state index >= 15 is 0 Å². The summed E-state index contributed by atoms with van der Waals surface area (Å²) >= 11 is 0. The summed E-state index contributed by atoms with van der Waals surface area (Å²) in [4.78, 5) is 16.9. The fourth-order valence-corrected chi connectivity index (χ4v) is 4.70. The van der Waals surface area contributed by atoms with E-state index in [1.54, 1.807) is 19.4 Å². The third kappa shape index (κ3) is 3.00. The van der Waals surface area contributed by atoms with E-state index in [0.717, 1.165) is 10.9 Å². The van der Waals surface area contributed by atoms with Gasteiger partial charge in [-0.15, -0.1) is 0 Å². The molecule has 1 aliphatic rings. The van der Waals surface area contributed by atoms with E-state index in [9.17, 15) is 13.2 Å². The Morgan fingerprint density at radius 2 is 2.04 bits per heavy atom. The molecule has 0 saturated heterocycles. The van der Waals surface area contributed by atoms with Crippen molar-refractivity contribution in [1.29, 1.82) is 0 Å². The van der Waals surface area contributed by atoms with Gasteiger partial charge in [-0.1, -0.05) is 6.07 Å². The monoisotopic (exact) mass is 397 g/mol. The average Bonchev–Trinajstić information content (AvgIpc) is 2.69. The molecule has 2 aromatic carbocycles. The molecule has 2 N–H and O–H groups in total. The Balaban J connectivity index is 1.90. The van der Waals surface area contributed by atoms with Gasteiger partial charge < -0.3 is 10.1 Å². The van der Waals surface area contributed by atoms with Crippen LogP contribution in [0.5, 0.6) is 0 Å². The van der Waals surface area contributed by atoms with Crippen LogP contribution in [0.1, 0.15) is 15.9 Å². The summed E-state index contributed by atoms with van der Waals surface area (Å²) in [5.41, 5.74) is 3.58. The molecule has 28 heavy (non-hydrogen) atoms. The van der Waals surface area contributed by atoms with Crippen LogP contribution in [0.2, 0.25) is 0 Å². The molecule has 1 aliphatic heterocycles. The molecule has 0 unspecified atom stereocenters. The SMILES string of the molecule is COCCNC(=O)c1ccc2c(c1)-c1cc(C)c3cccnc3c1NS2(=O)=O. The number of benzene rings is 2. The molecular formula is C20H19N3O4S. The normalized spacial score (nSPS) is 14.1. The van der Waals surface area contributed by atoms with Gasteiger partial charge in [0.1, 0.15) is 0 Å². The van der Waals surface area contributed by atoms with Crippen LogP contribution in [0.15, 0.2) is 47.5 Å². The Morgan fingerprint density at radius 1 is 1.21 bits per heavy atom. The molecule has 0 aliphatic carbocycles. The van der Waals surface area contributed by atoms with E-state index in [-0.39, 0.29) is 10.8 Å². The van der Waals surface area contributed by atoms with Crippen LogP contribution in [-0.2, 0) is 14.8 Å². The lowest BCUT2D eigenvalue weighted by Crippen LogP contribution is -2.27. The molecule has 1 amide bonds. The zero-order valence-corrected chi connectivity index (χ0v) is 16.3. The van der Waals surface area contributed by atoms with Gasteiger partial charge in [0, 0.05) is 41.9 Å². The number of rotatable bonds is 4. The maximum atomic E-state index is 12.8. The molecule has 3 aromatic rings. The number of hydrogen-bond donors (Lipinski definition) is 2. The second kappa shape index (κ2) is 6.88. The van der Waals surface area contributed by atoms with E-state index in [4.69, 9.17) is 4.74 Å². The first-order valence-electron chi connectivity index (χ1n) is 8.75. The number of hydrogen-bond acceptors (Lipinski definition) is 5. The summed E-state index contributed by atoms with van der Waals surface area (Å²) in [6, 6.07) is 10.2. The summed E-state index contributed by atoms with van der Waals surface area (Å²) in [6.45, 7) is 2.72. The number of carbonyl (C=O) groups is 1. The lowest BCUT2D eigenvalue weighted by molar-refractivity contribution is 0.0937. The van der Waals surface area contributed by atoms with Crippen molar-refractivity contribution in [3.63, 3.8) is 0 Å². The lowest BCUT2D eigenvalue weighted by atomic mass is 9.96. The third-order valence-corrected chi connectivity index (χ3v) is 6.16. The standard InChI is InChI=1S/C20H19N3O4S/c1-12-10-16-15-11-13(20(24)22-8-9-27-2)5-6-17(15)28(25,26)23-19(16)18-14(12)4-3-7-21-18/h3-7,10-11,23H,8-9H2,1-2H3,(H,22,24). The first-order valence-corrected chi connectivity index (χ1v) is 10.2. The number of ether oxygens (including phenoxy) is 1. The number of fused-ring (bicyclic) bond motifs is 5. The molecule has 2 heterocycles. The molecule has 8 heteroatoms. The Bertz CT molecular complexity index is 1210. The average molecular weight is 397 g/mol. The Labute approximate surface area is 162 Å². The zero-order chi connectivity index (χ0) is 19.9. The van der Waals surface area contributed by atoms with Gasteiger partial charge in [-0.25, -0.2) is 8.42 Å². The van der Waals surface area contributed by atoms with Crippen molar-refractivity contribution in [3.8, 4) is 11.1 Å². The molecule has 0 fully saturated rings. The Morgan fingerprint density at radius 3 is 2.82 bits per heavy atom. The summed E-state index contributed by atoms with van der Waals surface area (Å²) < 4.78 is 33.2. The van der Waals surface area contributed by atoms with Gasteiger partial charge >= 0.3 is 0 Å². The summed E-state index contributed by atoms with van der Waals surface area (Å²) in [7, 11) is -2.21. The molecule has 0 spiro atoms. The number of carbonyl (C=O) groups excluding carboxylic acids is 1. The second-order valence-electron chi connectivity index (χ2n) is 6.58. The third-order valence-electron chi connectivity index (χ3n) is 4.75. The largest absolute Gasteiger partial charge is 0.383 e. The molecule has 1 aromatic heterocycles. The Kier molecular flexibility index (Phi) is 4.52. The first-order chi connectivity index (χ1) is 13.4. The highest BCUT2D eigenvalue weighted by atomic mass is 32.2. The van der Waals surface area contributed by atoms with E-state index < -0.39 is 10.0 Å². The van der Waals surface area contributed by atoms with Gasteiger partial charge in [0.25, 0.3) is 15.9 Å². The van der Waals surface area contributed by atoms with Crippen molar-refractivity contribution in [1.82, 2.24) is 10.3 Å². The maximum absolute atomic E-state index is 12.8. The molecule has 7 nitrogen and oxygen atoms in total. The number of aromatic nitrogens is 1. The van der Waals surface area contributed by atoms with Crippen molar-refractivity contribution in [2.45, 2.75) is 11.8 Å². The predicted octanol–water partition coefficient (Wildman–Crippen LogP) is 2.70. The second-order valence-corrected chi connectivity index (χ2v) is 8.23. The highest BCUT2D eigenvalue weighted by molar-refractivity contribution is 7.93. The van der Waals surface area contributed by atoms with Crippen LogP contribution in [0.4, 0.5) is 5.69 Å². The van der Waals surface area contributed by atoms with E-state index in [0.29, 0.717) is 41.0 Å². The topological polar surface area (TPSA) is 97.4 Å². The van der Waals surface area contributed by atoms with Crippen LogP contribution < -0.4 is 10.0 Å². The number of sulfonamides is 1. The quantitative estimate of drug-likeness (QED) is 0.660. The molecule has 0 bridgehead atoms. The number of nitrogens with one attached hydrogen (secondary N) is 2. The van der Waals surface area contributed by atoms with Gasteiger partial charge in [-0.05, 0) is 42.8 Å². The molecular weight excluding hydrogens is 378 g/mol. The number of pyridine rings is 1. The van der Waals surface area contributed by atoms with Gasteiger partial charge in [-0.3, -0.25) is 14.5 Å². The first kappa shape index (κ1) is 18.4. The van der Waals surface area contributed by atoms with Crippen LogP contribution in [-0.4, -0.2) is 39.6 Å². The summed E-state index contributed by atoms with van der Waals surface area (Å²) in [5.74, 6) is -0.284. The molecule has 0 saturated carbocycles. The van der Waals surface area contributed by atoms with Gasteiger partial charge in [0.15, 0.2) is 0 Å². The highest BCUT2D eigenvalue weighted by Gasteiger charge is 2.30. The molecule has 4 rings (SSSR count). The molecule has 144 valence electrons. The van der Waals surface area contributed by atoms with E-state index in [1.807, 2.05) is 25.1 Å². The Hall–Kier alpha value is -2.97. The summed E-state index contributed by atoms with van der Waals surface area (Å²) in [5, 5.41) is 3.63. The van der Waals surface area contributed by atoms with E-state index in [2.05, 4.69) is 15.0 Å². The van der Waals surface area contributed by atoms with Crippen molar-refractivity contribution >= 4 is 32.5 Å². The van der Waals surface area contributed by atoms with Gasteiger partial charge in [0.2, 0.25) is 0 Å². The van der Waals surface area contributed by atoms with Gasteiger partial charge in [-0.2, -0.15) is 0 Å². The molecule has 0 radical (unpaired) electrons. The smallest absolute Gasteiger partial charge is 0.262 e. The fraction of sp³-hybridized carbons (Fsp3) is 0.200.